The first-order valence-corrected chi connectivity index (χ1v) is 15.0. The Balaban J connectivity index is 1.28. The maximum Gasteiger partial charge on any atom is 0.356 e. The van der Waals surface area contributed by atoms with Crippen molar-refractivity contribution in [1.29, 1.82) is 0 Å². The van der Waals surface area contributed by atoms with Gasteiger partial charge in [-0.25, -0.2) is 4.98 Å². The molecule has 2 aromatic carbocycles. The molecule has 0 fully saturated rings. The maximum atomic E-state index is 13.8. The number of nitrogens with one attached hydrogen (secondary N) is 1. The summed E-state index contributed by atoms with van der Waals surface area (Å²) in [6.07, 6.45) is 1.08. The number of benzene rings is 2. The van der Waals surface area contributed by atoms with Gasteiger partial charge in [0.2, 0.25) is 5.95 Å². The topological polar surface area (TPSA) is 153 Å². The molecule has 0 saturated carbocycles. The Labute approximate surface area is 247 Å². The number of fused-ring (bicyclic) bond motifs is 1. The van der Waals surface area contributed by atoms with Crippen molar-refractivity contribution in [3.8, 4) is 0 Å². The highest BCUT2D eigenvalue weighted by Crippen LogP contribution is 2.50. The van der Waals surface area contributed by atoms with E-state index in [2.05, 4.69) is 37.5 Å². The van der Waals surface area contributed by atoms with E-state index in [0.717, 1.165) is 10.0 Å². The second-order valence-corrected chi connectivity index (χ2v) is 12.1. The largest absolute Gasteiger partial charge is 0.424 e. The molecule has 0 saturated heterocycles. The molecular formula is C26H24BrClN5O7P. The predicted molar refractivity (Wildman–Crippen MR) is 156 cm³/mol. The first-order valence-electron chi connectivity index (χ1n) is 12.1. The van der Waals surface area contributed by atoms with Crippen LogP contribution >= 0.6 is 35.1 Å². The number of aromatic nitrogens is 4. The van der Waals surface area contributed by atoms with Gasteiger partial charge in [0.1, 0.15) is 13.0 Å². The minimum absolute atomic E-state index is 0.00532. The van der Waals surface area contributed by atoms with E-state index < -0.39 is 13.2 Å². The van der Waals surface area contributed by atoms with E-state index in [-0.39, 0.29) is 55.9 Å². The van der Waals surface area contributed by atoms with Gasteiger partial charge in [-0.15, -0.1) is 0 Å². The third kappa shape index (κ3) is 7.25. The number of halogens is 2. The van der Waals surface area contributed by atoms with Gasteiger partial charge in [0.05, 0.1) is 19.5 Å². The van der Waals surface area contributed by atoms with Gasteiger partial charge in [-0.3, -0.25) is 18.9 Å². The zero-order chi connectivity index (χ0) is 29.0. The third-order valence-electron chi connectivity index (χ3n) is 5.74. The molecular weight excluding hydrogens is 641 g/mol. The molecule has 12 nitrogen and oxygen atoms in total. The van der Waals surface area contributed by atoms with Crippen LogP contribution in [0.25, 0.3) is 16.9 Å². The van der Waals surface area contributed by atoms with Crippen LogP contribution in [0.1, 0.15) is 11.1 Å². The second-order valence-electron chi connectivity index (χ2n) is 8.72. The average molecular weight is 665 g/mol. The quantitative estimate of drug-likeness (QED) is 0.149. The highest BCUT2D eigenvalue weighted by Gasteiger charge is 2.30. The average Bonchev–Trinajstić information content (AvgIpc) is 3.52. The number of ether oxygens (including phenoxy) is 3. The molecule has 5 rings (SSSR count). The summed E-state index contributed by atoms with van der Waals surface area (Å²) in [5.74, 6) is 0.648. The molecule has 3 heterocycles. The molecule has 0 amide bonds. The Morgan fingerprint density at radius 2 is 1.93 bits per heavy atom. The molecule has 0 aliphatic carbocycles. The van der Waals surface area contributed by atoms with Gasteiger partial charge in [-0.1, -0.05) is 39.7 Å². The summed E-state index contributed by atoms with van der Waals surface area (Å²) in [6, 6.07) is 14.3. The third-order valence-corrected chi connectivity index (χ3v) is 8.03. The lowest BCUT2D eigenvalue weighted by molar-refractivity contribution is 0.115. The van der Waals surface area contributed by atoms with Gasteiger partial charge in [0.15, 0.2) is 22.7 Å². The first-order chi connectivity index (χ1) is 19.7. The number of anilines is 1. The van der Waals surface area contributed by atoms with E-state index in [4.69, 9.17) is 40.6 Å². The zero-order valence-electron chi connectivity index (χ0n) is 21.4. The van der Waals surface area contributed by atoms with E-state index >= 15 is 0 Å². The fourth-order valence-corrected chi connectivity index (χ4v) is 5.64. The number of aromatic amines is 1. The maximum absolute atomic E-state index is 13.8. The fourth-order valence-electron chi connectivity index (χ4n) is 3.83. The van der Waals surface area contributed by atoms with Crippen LogP contribution in [0.3, 0.4) is 0 Å². The molecule has 1 unspecified atom stereocenters. The molecule has 1 aliphatic rings. The van der Waals surface area contributed by atoms with Crippen LogP contribution in [-0.2, 0) is 41.0 Å². The van der Waals surface area contributed by atoms with E-state index in [1.807, 2.05) is 24.3 Å². The molecule has 1 atom stereocenters. The van der Waals surface area contributed by atoms with Crippen molar-refractivity contribution in [2.75, 3.05) is 25.3 Å². The summed E-state index contributed by atoms with van der Waals surface area (Å²) in [5.41, 5.74) is 7.12. The fraction of sp³-hybridized carbons (Fsp3) is 0.192. The van der Waals surface area contributed by atoms with Crippen LogP contribution in [0.5, 0.6) is 0 Å². The van der Waals surface area contributed by atoms with Gasteiger partial charge < -0.3 is 29.0 Å². The van der Waals surface area contributed by atoms with Crippen molar-refractivity contribution in [2.45, 2.75) is 13.2 Å². The van der Waals surface area contributed by atoms with Crippen molar-refractivity contribution in [1.82, 2.24) is 19.5 Å². The van der Waals surface area contributed by atoms with Gasteiger partial charge in [-0.2, -0.15) is 4.98 Å². The van der Waals surface area contributed by atoms with Crippen LogP contribution in [0.2, 0.25) is 5.02 Å². The standard InChI is InChI=1S/C26H24BrClN5O7P/c1-16-39-21(23(40-16)18-5-7-20(28)8-6-18)13-38-41(35,37-12-17-3-2-4-19(27)11-17)15-36-10-9-33-14-30-22-24(33)31-26(29)32-25(22)34/h2-8,11,14H,1,9-10,12-13,15H2,(H3,29,31,32,34). The molecule has 3 N–H and O–H groups in total. The molecule has 15 heteroatoms. The van der Waals surface area contributed by atoms with Gasteiger partial charge in [-0.05, 0) is 48.5 Å². The Hall–Kier alpha value is -3.45. The molecule has 4 aromatic rings. The number of nitrogens with zero attached hydrogens (tertiary/aromatic N) is 3. The predicted octanol–water partition coefficient (Wildman–Crippen LogP) is 5.41. The van der Waals surface area contributed by atoms with Crippen LogP contribution in [0.15, 0.2) is 82.4 Å². The summed E-state index contributed by atoms with van der Waals surface area (Å²) in [4.78, 5) is 22.6. The molecule has 214 valence electrons. The summed E-state index contributed by atoms with van der Waals surface area (Å²) in [7, 11) is -3.84. The van der Waals surface area contributed by atoms with Crippen molar-refractivity contribution in [2.24, 2.45) is 0 Å². The molecule has 0 spiro atoms. The summed E-state index contributed by atoms with van der Waals surface area (Å²) in [5, 5.41) is 0.558. The van der Waals surface area contributed by atoms with Crippen molar-refractivity contribution in [3.63, 3.8) is 0 Å². The van der Waals surface area contributed by atoms with E-state index in [1.165, 1.54) is 6.33 Å². The van der Waals surface area contributed by atoms with Crippen molar-refractivity contribution < 1.29 is 27.8 Å². The molecule has 0 bridgehead atoms. The second kappa shape index (κ2) is 12.6. The number of imidazole rings is 1. The Bertz CT molecular complexity index is 1720. The smallest absolute Gasteiger partial charge is 0.356 e. The zero-order valence-corrected chi connectivity index (χ0v) is 24.7. The van der Waals surface area contributed by atoms with Gasteiger partial charge >= 0.3 is 7.60 Å². The van der Waals surface area contributed by atoms with Crippen LogP contribution in [-0.4, -0.2) is 39.1 Å². The lowest BCUT2D eigenvalue weighted by Crippen LogP contribution is -2.13. The van der Waals surface area contributed by atoms with E-state index in [9.17, 15) is 9.36 Å². The number of nitrogens with two attached hydrogens (primary N) is 1. The minimum Gasteiger partial charge on any atom is -0.424 e. The highest BCUT2D eigenvalue weighted by atomic mass is 79.9. The normalized spacial score (nSPS) is 14.7. The van der Waals surface area contributed by atoms with Crippen molar-refractivity contribution >= 4 is 58.0 Å². The Kier molecular flexibility index (Phi) is 8.93. The van der Waals surface area contributed by atoms with Gasteiger partial charge in [0.25, 0.3) is 11.5 Å². The first kappa shape index (κ1) is 29.1. The number of hydrogen-bond donors (Lipinski definition) is 2. The van der Waals surface area contributed by atoms with E-state index in [0.29, 0.717) is 22.0 Å². The number of H-pyrrole nitrogens is 1. The lowest BCUT2D eigenvalue weighted by Gasteiger charge is -2.19. The summed E-state index contributed by atoms with van der Waals surface area (Å²) >= 11 is 9.42. The molecule has 1 aliphatic heterocycles. The Morgan fingerprint density at radius 1 is 1.15 bits per heavy atom. The van der Waals surface area contributed by atoms with Crippen molar-refractivity contribution in [3.05, 3.63) is 104 Å². The van der Waals surface area contributed by atoms with Crippen LogP contribution in [0.4, 0.5) is 5.95 Å². The molecule has 41 heavy (non-hydrogen) atoms. The monoisotopic (exact) mass is 663 g/mol. The minimum atomic E-state index is -3.84. The summed E-state index contributed by atoms with van der Waals surface area (Å²) in [6.45, 7) is 3.80. The number of nitrogen functional groups attached to an aromatic ring is 1. The van der Waals surface area contributed by atoms with Crippen LogP contribution < -0.4 is 11.3 Å². The van der Waals surface area contributed by atoms with Gasteiger partial charge in [0, 0.05) is 21.6 Å². The number of hydrogen-bond acceptors (Lipinski definition) is 10. The lowest BCUT2D eigenvalue weighted by atomic mass is 10.2. The van der Waals surface area contributed by atoms with Crippen LogP contribution in [0, 0.1) is 0 Å². The number of rotatable bonds is 12. The molecule has 2 aromatic heterocycles. The molecule has 0 radical (unpaired) electrons. The Morgan fingerprint density at radius 3 is 2.71 bits per heavy atom. The van der Waals surface area contributed by atoms with E-state index in [1.54, 1.807) is 28.8 Å². The highest BCUT2D eigenvalue weighted by molar-refractivity contribution is 9.10. The SMILES string of the molecule is C=C1OC(COP(=O)(COCCn2cnc3c(=O)[nH]c(N)nc32)OCc2cccc(Br)c2)=C(c2ccc(Cl)cc2)O1. The summed E-state index contributed by atoms with van der Waals surface area (Å²) < 4.78 is 44.8.